The van der Waals surface area contributed by atoms with Crippen LogP contribution in [0.2, 0.25) is 5.02 Å². The number of nitrogens with one attached hydrogen (secondary N) is 1. The third-order valence-corrected chi connectivity index (χ3v) is 4.52. The van der Waals surface area contributed by atoms with Gasteiger partial charge in [0.25, 0.3) is 5.91 Å². The molecule has 1 atom stereocenters. The van der Waals surface area contributed by atoms with Crippen LogP contribution in [0.5, 0.6) is 0 Å². The van der Waals surface area contributed by atoms with E-state index < -0.39 is 0 Å². The van der Waals surface area contributed by atoms with Gasteiger partial charge in [-0.3, -0.25) is 4.79 Å². The van der Waals surface area contributed by atoms with Gasteiger partial charge in [0.05, 0.1) is 17.3 Å². The number of hydrogen-bond donors (Lipinski definition) is 1. The fraction of sp³-hybridized carbons (Fsp3) is 0.389. The smallest absolute Gasteiger partial charge is 0.271 e. The van der Waals surface area contributed by atoms with Crippen molar-refractivity contribution in [3.05, 3.63) is 52.8 Å². The standard InChI is InChI=1S/C18H21ClN4O2/c1-25-15(13-7-3-2-4-8-13)12-20-17(24)16-14(19)11-21-18(22-16)23-9-5-6-10-23/h2-4,7-8,11,15H,5-6,9-10,12H2,1H3,(H,20,24)/t15-/m0/s1. The minimum atomic E-state index is -0.328. The van der Waals surface area contributed by atoms with E-state index in [1.54, 1.807) is 7.11 Å². The molecule has 6 nitrogen and oxygen atoms in total. The van der Waals surface area contributed by atoms with Crippen LogP contribution in [0.25, 0.3) is 0 Å². The van der Waals surface area contributed by atoms with Crippen LogP contribution in [0.4, 0.5) is 5.95 Å². The summed E-state index contributed by atoms with van der Waals surface area (Å²) in [7, 11) is 1.62. The van der Waals surface area contributed by atoms with Gasteiger partial charge in [0.1, 0.15) is 0 Å². The monoisotopic (exact) mass is 360 g/mol. The molecule has 1 saturated heterocycles. The predicted octanol–water partition coefficient (Wildman–Crippen LogP) is 2.85. The normalized spacial score (nSPS) is 15.2. The predicted molar refractivity (Wildman–Crippen MR) is 97.0 cm³/mol. The first-order chi connectivity index (χ1) is 12.2. The molecule has 1 aliphatic rings. The topological polar surface area (TPSA) is 67.3 Å². The number of amides is 1. The molecule has 1 amide bonds. The number of nitrogens with zero attached hydrogens (tertiary/aromatic N) is 3. The molecular weight excluding hydrogens is 340 g/mol. The maximum absolute atomic E-state index is 12.5. The van der Waals surface area contributed by atoms with Crippen molar-refractivity contribution in [3.63, 3.8) is 0 Å². The Hall–Kier alpha value is -2.18. The molecule has 132 valence electrons. The second-order valence-corrected chi connectivity index (χ2v) is 6.31. The van der Waals surface area contributed by atoms with Gasteiger partial charge in [-0.25, -0.2) is 9.97 Å². The van der Waals surface area contributed by atoms with E-state index in [1.807, 2.05) is 30.3 Å². The average Bonchev–Trinajstić information content (AvgIpc) is 3.18. The fourth-order valence-corrected chi connectivity index (χ4v) is 3.04. The van der Waals surface area contributed by atoms with Crippen LogP contribution in [-0.4, -0.2) is 42.6 Å². The van der Waals surface area contributed by atoms with E-state index in [1.165, 1.54) is 6.20 Å². The summed E-state index contributed by atoms with van der Waals surface area (Å²) in [6, 6.07) is 9.74. The Labute approximate surface area is 152 Å². The number of benzene rings is 1. The molecule has 25 heavy (non-hydrogen) atoms. The summed E-state index contributed by atoms with van der Waals surface area (Å²) in [4.78, 5) is 23.2. The number of hydrogen-bond acceptors (Lipinski definition) is 5. The Kier molecular flexibility index (Phi) is 5.83. The van der Waals surface area contributed by atoms with Crippen LogP contribution in [0.15, 0.2) is 36.5 Å². The minimum absolute atomic E-state index is 0.196. The molecule has 0 aliphatic carbocycles. The lowest BCUT2D eigenvalue weighted by Crippen LogP contribution is -2.31. The Balaban J connectivity index is 1.69. The number of methoxy groups -OCH3 is 1. The number of aromatic nitrogens is 2. The molecule has 0 saturated carbocycles. The van der Waals surface area contributed by atoms with Crippen molar-refractivity contribution in [3.8, 4) is 0 Å². The lowest BCUT2D eigenvalue weighted by Gasteiger charge is -2.18. The second-order valence-electron chi connectivity index (χ2n) is 5.91. The van der Waals surface area contributed by atoms with Gasteiger partial charge in [-0.2, -0.15) is 0 Å². The summed E-state index contributed by atoms with van der Waals surface area (Å²) < 4.78 is 5.47. The molecule has 1 N–H and O–H groups in total. The summed E-state index contributed by atoms with van der Waals surface area (Å²) in [6.07, 6.45) is 3.48. The molecule has 1 aromatic heterocycles. The van der Waals surface area contributed by atoms with Gasteiger partial charge in [-0.1, -0.05) is 41.9 Å². The maximum atomic E-state index is 12.5. The fourth-order valence-electron chi connectivity index (χ4n) is 2.86. The van der Waals surface area contributed by atoms with Gasteiger partial charge in [-0.15, -0.1) is 0 Å². The quantitative estimate of drug-likeness (QED) is 0.858. The minimum Gasteiger partial charge on any atom is -0.375 e. The lowest BCUT2D eigenvalue weighted by molar-refractivity contribution is 0.0824. The number of halogens is 1. The van der Waals surface area contributed by atoms with E-state index in [9.17, 15) is 4.79 Å². The summed E-state index contributed by atoms with van der Waals surface area (Å²) >= 11 is 6.13. The van der Waals surface area contributed by atoms with E-state index in [2.05, 4.69) is 20.2 Å². The highest BCUT2D eigenvalue weighted by molar-refractivity contribution is 6.33. The van der Waals surface area contributed by atoms with E-state index in [-0.39, 0.29) is 22.7 Å². The van der Waals surface area contributed by atoms with Crippen molar-refractivity contribution in [2.24, 2.45) is 0 Å². The zero-order valence-corrected chi connectivity index (χ0v) is 14.9. The van der Waals surface area contributed by atoms with Gasteiger partial charge in [-0.05, 0) is 18.4 Å². The zero-order valence-electron chi connectivity index (χ0n) is 14.1. The molecule has 1 aliphatic heterocycles. The van der Waals surface area contributed by atoms with Crippen molar-refractivity contribution < 1.29 is 9.53 Å². The van der Waals surface area contributed by atoms with E-state index in [0.29, 0.717) is 12.5 Å². The average molecular weight is 361 g/mol. The SMILES string of the molecule is CO[C@@H](CNC(=O)c1nc(N2CCCC2)ncc1Cl)c1ccccc1. The summed E-state index contributed by atoms with van der Waals surface area (Å²) in [5.74, 6) is 0.226. The second kappa shape index (κ2) is 8.27. The number of carbonyl (C=O) groups is 1. The van der Waals surface area contributed by atoms with Crippen LogP contribution in [0, 0.1) is 0 Å². The number of anilines is 1. The molecule has 1 fully saturated rings. The molecule has 2 aromatic rings. The molecule has 2 heterocycles. The van der Waals surface area contributed by atoms with Crippen molar-refractivity contribution in [1.29, 1.82) is 0 Å². The van der Waals surface area contributed by atoms with Crippen LogP contribution in [-0.2, 0) is 4.74 Å². The molecule has 7 heteroatoms. The van der Waals surface area contributed by atoms with Gasteiger partial charge >= 0.3 is 0 Å². The molecule has 0 radical (unpaired) electrons. The number of ether oxygens (including phenoxy) is 1. The zero-order chi connectivity index (χ0) is 17.6. The van der Waals surface area contributed by atoms with Gasteiger partial charge < -0.3 is 15.0 Å². The summed E-state index contributed by atoms with van der Waals surface area (Å²) in [5.41, 5.74) is 1.19. The van der Waals surface area contributed by atoms with Crippen molar-refractivity contribution in [2.45, 2.75) is 18.9 Å². The van der Waals surface area contributed by atoms with E-state index in [4.69, 9.17) is 16.3 Å². The van der Waals surface area contributed by atoms with Crippen molar-refractivity contribution >= 4 is 23.5 Å². The molecule has 0 bridgehead atoms. The first-order valence-electron chi connectivity index (χ1n) is 8.32. The van der Waals surface area contributed by atoms with Crippen LogP contribution in [0.3, 0.4) is 0 Å². The van der Waals surface area contributed by atoms with Gasteiger partial charge in [0.2, 0.25) is 5.95 Å². The Morgan fingerprint density at radius 3 is 2.72 bits per heavy atom. The van der Waals surface area contributed by atoms with Gasteiger partial charge in [0.15, 0.2) is 5.69 Å². The molecular formula is C18H21ClN4O2. The Morgan fingerprint density at radius 2 is 2.04 bits per heavy atom. The largest absolute Gasteiger partial charge is 0.375 e. The van der Waals surface area contributed by atoms with Crippen LogP contribution in [0.1, 0.15) is 35.0 Å². The summed E-state index contributed by atoms with van der Waals surface area (Å²) in [6.45, 7) is 2.14. The van der Waals surface area contributed by atoms with Crippen LogP contribution < -0.4 is 10.2 Å². The third kappa shape index (κ3) is 4.27. The highest BCUT2D eigenvalue weighted by Gasteiger charge is 2.20. The number of rotatable bonds is 6. The maximum Gasteiger partial charge on any atom is 0.271 e. The Morgan fingerprint density at radius 1 is 1.32 bits per heavy atom. The number of carbonyl (C=O) groups excluding carboxylic acids is 1. The summed E-state index contributed by atoms with van der Waals surface area (Å²) in [5, 5.41) is 3.09. The highest BCUT2D eigenvalue weighted by atomic mass is 35.5. The van der Waals surface area contributed by atoms with Gasteiger partial charge in [0, 0.05) is 26.7 Å². The molecule has 0 spiro atoms. The molecule has 3 rings (SSSR count). The highest BCUT2D eigenvalue weighted by Crippen LogP contribution is 2.20. The first-order valence-corrected chi connectivity index (χ1v) is 8.70. The molecule has 1 aromatic carbocycles. The van der Waals surface area contributed by atoms with E-state index >= 15 is 0 Å². The first kappa shape index (κ1) is 17.6. The van der Waals surface area contributed by atoms with Crippen molar-refractivity contribution in [1.82, 2.24) is 15.3 Å². The van der Waals surface area contributed by atoms with Crippen molar-refractivity contribution in [2.75, 3.05) is 31.6 Å². The Bertz CT molecular complexity index is 720. The van der Waals surface area contributed by atoms with E-state index in [0.717, 1.165) is 31.5 Å². The van der Waals surface area contributed by atoms with Crippen LogP contribution >= 0.6 is 11.6 Å². The third-order valence-electron chi connectivity index (χ3n) is 4.24. The lowest BCUT2D eigenvalue weighted by atomic mass is 10.1. The molecule has 0 unspecified atom stereocenters.